The third kappa shape index (κ3) is 4.33. The van der Waals surface area contributed by atoms with Gasteiger partial charge in [0.1, 0.15) is 11.2 Å². The van der Waals surface area contributed by atoms with Gasteiger partial charge < -0.3 is 4.42 Å². The molecule has 9 rings (SSSR count). The van der Waals surface area contributed by atoms with E-state index in [-0.39, 0.29) is 0 Å². The van der Waals surface area contributed by atoms with Crippen LogP contribution in [0.25, 0.3) is 88.9 Å². The van der Waals surface area contributed by atoms with E-state index in [9.17, 15) is 0 Å². The lowest BCUT2D eigenvalue weighted by atomic mass is 10.00. The van der Waals surface area contributed by atoms with Crippen molar-refractivity contribution in [3.63, 3.8) is 0 Å². The molecule has 0 fully saturated rings. The van der Waals surface area contributed by atoms with Crippen LogP contribution >= 0.6 is 0 Å². The predicted molar refractivity (Wildman–Crippen MR) is 182 cm³/mol. The highest BCUT2D eigenvalue weighted by Crippen LogP contribution is 2.39. The topological polar surface area (TPSA) is 64.7 Å². The van der Waals surface area contributed by atoms with Crippen molar-refractivity contribution in [1.29, 1.82) is 0 Å². The molecule has 0 unspecified atom stereocenters. The molecule has 3 heterocycles. The molecule has 6 aromatic carbocycles. The average molecular weight is 577 g/mol. The summed E-state index contributed by atoms with van der Waals surface area (Å²) in [5.41, 5.74) is 7.34. The van der Waals surface area contributed by atoms with E-state index in [1.807, 2.05) is 66.9 Å². The lowest BCUT2D eigenvalue weighted by Crippen LogP contribution is -2.01. The molecule has 0 radical (unpaired) electrons. The molecule has 3 aromatic heterocycles. The molecule has 0 saturated heterocycles. The van der Waals surface area contributed by atoms with Crippen LogP contribution in [-0.4, -0.2) is 19.9 Å². The third-order valence-electron chi connectivity index (χ3n) is 8.36. The van der Waals surface area contributed by atoms with E-state index in [0.717, 1.165) is 55.1 Å². The van der Waals surface area contributed by atoms with Gasteiger partial charge in [0.15, 0.2) is 17.5 Å². The summed E-state index contributed by atoms with van der Waals surface area (Å²) >= 11 is 0. The van der Waals surface area contributed by atoms with E-state index in [4.69, 9.17) is 24.4 Å². The number of fused-ring (bicyclic) bond motifs is 6. The van der Waals surface area contributed by atoms with Crippen LogP contribution in [0.3, 0.4) is 0 Å². The van der Waals surface area contributed by atoms with E-state index in [0.29, 0.717) is 17.5 Å². The van der Waals surface area contributed by atoms with Crippen molar-refractivity contribution in [2.24, 2.45) is 0 Å². The smallest absolute Gasteiger partial charge is 0.166 e. The molecular weight excluding hydrogens is 552 g/mol. The maximum atomic E-state index is 6.34. The maximum Gasteiger partial charge on any atom is 0.166 e. The van der Waals surface area contributed by atoms with Crippen molar-refractivity contribution in [1.82, 2.24) is 19.9 Å². The molecule has 0 saturated carbocycles. The Bertz CT molecular complexity index is 2540. The van der Waals surface area contributed by atoms with Crippen LogP contribution in [0.4, 0.5) is 0 Å². The fraction of sp³-hybridized carbons (Fsp3) is 0. The van der Waals surface area contributed by atoms with Crippen LogP contribution in [0.2, 0.25) is 0 Å². The quantitative estimate of drug-likeness (QED) is 0.209. The highest BCUT2D eigenvalue weighted by Gasteiger charge is 2.19. The Morgan fingerprint density at radius 1 is 0.422 bits per heavy atom. The van der Waals surface area contributed by atoms with E-state index in [1.54, 1.807) is 0 Å². The van der Waals surface area contributed by atoms with Gasteiger partial charge in [0.25, 0.3) is 0 Å². The first kappa shape index (κ1) is 25.3. The summed E-state index contributed by atoms with van der Waals surface area (Å²) < 4.78 is 6.34. The highest BCUT2D eigenvalue weighted by atomic mass is 16.3. The zero-order chi connectivity index (χ0) is 29.7. The van der Waals surface area contributed by atoms with Crippen molar-refractivity contribution < 1.29 is 4.42 Å². The summed E-state index contributed by atoms with van der Waals surface area (Å²) in [5, 5.41) is 5.55. The zero-order valence-corrected chi connectivity index (χ0v) is 24.1. The van der Waals surface area contributed by atoms with Crippen LogP contribution in [0.1, 0.15) is 0 Å². The highest BCUT2D eigenvalue weighted by molar-refractivity contribution is 6.20. The number of furan rings is 1. The van der Waals surface area contributed by atoms with Crippen LogP contribution in [0.5, 0.6) is 0 Å². The molecule has 0 aliphatic rings. The molecule has 0 aliphatic heterocycles. The number of hydrogen-bond acceptors (Lipinski definition) is 5. The van der Waals surface area contributed by atoms with Gasteiger partial charge in [-0.05, 0) is 46.2 Å². The Kier molecular flexibility index (Phi) is 5.74. The average Bonchev–Trinajstić information content (AvgIpc) is 3.50. The van der Waals surface area contributed by atoms with E-state index in [1.165, 1.54) is 16.3 Å². The minimum atomic E-state index is 0.545. The Labute approximate surface area is 258 Å². The molecule has 0 bridgehead atoms. The van der Waals surface area contributed by atoms with Gasteiger partial charge >= 0.3 is 0 Å². The number of aromatic nitrogens is 4. The molecule has 0 N–H and O–H groups in total. The van der Waals surface area contributed by atoms with Crippen LogP contribution in [-0.2, 0) is 0 Å². The second kappa shape index (κ2) is 10.2. The van der Waals surface area contributed by atoms with Crippen molar-refractivity contribution in [3.05, 3.63) is 146 Å². The summed E-state index contributed by atoms with van der Waals surface area (Å²) in [6.45, 7) is 0. The van der Waals surface area contributed by atoms with E-state index < -0.39 is 0 Å². The van der Waals surface area contributed by atoms with Gasteiger partial charge in [-0.15, -0.1) is 0 Å². The molecule has 45 heavy (non-hydrogen) atoms. The number of benzene rings is 6. The number of nitrogens with zero attached hydrogens (tertiary/aromatic N) is 4. The van der Waals surface area contributed by atoms with Gasteiger partial charge in [0.05, 0.1) is 5.52 Å². The normalized spacial score (nSPS) is 11.6. The molecular formula is C40H24N4O. The van der Waals surface area contributed by atoms with Gasteiger partial charge in [0, 0.05) is 39.0 Å². The molecule has 5 nitrogen and oxygen atoms in total. The first-order valence-electron chi connectivity index (χ1n) is 14.9. The van der Waals surface area contributed by atoms with Gasteiger partial charge in [-0.25, -0.2) is 15.0 Å². The van der Waals surface area contributed by atoms with Crippen molar-refractivity contribution in [2.75, 3.05) is 0 Å². The Balaban J connectivity index is 1.22. The SMILES string of the molecule is c1ccc(-c2nc(-c3ccc(-c4ccc5ccccc5c4)cc3)nc(-c3cc4oc5ccccc5c4c4cccnc34)n2)cc1. The second-order valence-electron chi connectivity index (χ2n) is 11.1. The third-order valence-corrected chi connectivity index (χ3v) is 8.36. The molecule has 0 spiro atoms. The van der Waals surface area contributed by atoms with Crippen LogP contribution < -0.4 is 0 Å². The van der Waals surface area contributed by atoms with Gasteiger partial charge in [-0.3, -0.25) is 4.98 Å². The molecule has 0 aliphatic carbocycles. The number of hydrogen-bond donors (Lipinski definition) is 0. The predicted octanol–water partition coefficient (Wildman–Crippen LogP) is 10.1. The van der Waals surface area contributed by atoms with Crippen LogP contribution in [0.15, 0.2) is 150 Å². The Morgan fingerprint density at radius 3 is 1.91 bits per heavy atom. The molecule has 210 valence electrons. The fourth-order valence-electron chi connectivity index (χ4n) is 6.16. The van der Waals surface area contributed by atoms with Crippen molar-refractivity contribution in [2.45, 2.75) is 0 Å². The van der Waals surface area contributed by atoms with Crippen molar-refractivity contribution >= 4 is 43.6 Å². The Morgan fingerprint density at radius 2 is 1.07 bits per heavy atom. The Hall–Kier alpha value is -6.20. The summed E-state index contributed by atoms with van der Waals surface area (Å²) in [6, 6.07) is 47.6. The first-order valence-corrected chi connectivity index (χ1v) is 14.9. The van der Waals surface area contributed by atoms with Gasteiger partial charge in [-0.2, -0.15) is 0 Å². The number of para-hydroxylation sites is 1. The first-order chi connectivity index (χ1) is 22.3. The van der Waals surface area contributed by atoms with Crippen molar-refractivity contribution in [3.8, 4) is 45.3 Å². The van der Waals surface area contributed by atoms with Gasteiger partial charge in [0.2, 0.25) is 0 Å². The van der Waals surface area contributed by atoms with Crippen LogP contribution in [0, 0.1) is 0 Å². The molecule has 9 aromatic rings. The number of pyridine rings is 1. The lowest BCUT2D eigenvalue weighted by Gasteiger charge is -2.11. The lowest BCUT2D eigenvalue weighted by molar-refractivity contribution is 0.669. The largest absolute Gasteiger partial charge is 0.456 e. The summed E-state index contributed by atoms with van der Waals surface area (Å²) in [5.74, 6) is 1.74. The molecule has 0 amide bonds. The summed E-state index contributed by atoms with van der Waals surface area (Å²) in [6.07, 6.45) is 1.81. The standard InChI is InChI=1S/C40H24N4O/c1-2-10-27(11-3-1)38-42-39(28-19-16-26(17-20-28)30-21-18-25-9-4-5-12-29(25)23-30)44-40(43-38)33-24-35-36(32-14-8-22-41-37(32)33)31-13-6-7-15-34(31)45-35/h1-24H. The summed E-state index contributed by atoms with van der Waals surface area (Å²) in [7, 11) is 0. The van der Waals surface area contributed by atoms with Gasteiger partial charge in [-0.1, -0.05) is 115 Å². The molecule has 5 heteroatoms. The van der Waals surface area contributed by atoms with E-state index in [2.05, 4.69) is 78.9 Å². The second-order valence-corrected chi connectivity index (χ2v) is 11.1. The molecule has 0 atom stereocenters. The summed E-state index contributed by atoms with van der Waals surface area (Å²) in [4.78, 5) is 19.8. The minimum Gasteiger partial charge on any atom is -0.456 e. The fourth-order valence-corrected chi connectivity index (χ4v) is 6.16. The minimum absolute atomic E-state index is 0.545. The monoisotopic (exact) mass is 576 g/mol. The maximum absolute atomic E-state index is 6.34. The zero-order valence-electron chi connectivity index (χ0n) is 24.1. The van der Waals surface area contributed by atoms with E-state index >= 15 is 0 Å². The number of rotatable bonds is 4.